The summed E-state index contributed by atoms with van der Waals surface area (Å²) in [4.78, 5) is 19.7. The number of hydrogen-bond acceptors (Lipinski definition) is 4. The summed E-state index contributed by atoms with van der Waals surface area (Å²) in [6, 6.07) is 19.8. The number of aromatic nitrogens is 1. The summed E-state index contributed by atoms with van der Waals surface area (Å²) in [5.74, 6) is 0.506. The molecule has 6 rings (SSSR count). The first kappa shape index (κ1) is 22.9. The fraction of sp³-hybridized carbons (Fsp3) is 0.310. The lowest BCUT2D eigenvalue weighted by molar-refractivity contribution is 0.262. The molecule has 36 heavy (non-hydrogen) atoms. The van der Waals surface area contributed by atoms with E-state index in [1.807, 2.05) is 36.4 Å². The van der Waals surface area contributed by atoms with E-state index in [0.717, 1.165) is 67.8 Å². The molecule has 3 aliphatic heterocycles. The first-order chi connectivity index (χ1) is 17.6. The van der Waals surface area contributed by atoms with Gasteiger partial charge in [0.1, 0.15) is 11.5 Å². The number of fused-ring (bicyclic) bond motifs is 3. The number of rotatable bonds is 5. The Kier molecular flexibility index (Phi) is 6.05. The summed E-state index contributed by atoms with van der Waals surface area (Å²) in [5, 5.41) is 19.2. The van der Waals surface area contributed by atoms with Crippen LogP contribution in [0.15, 0.2) is 72.9 Å². The first-order valence-electron chi connectivity index (χ1n) is 12.8. The molecule has 0 spiro atoms. The summed E-state index contributed by atoms with van der Waals surface area (Å²) < 4.78 is -0.244. The lowest BCUT2D eigenvalue weighted by Gasteiger charge is -2.39. The van der Waals surface area contributed by atoms with Crippen LogP contribution in [0.5, 0.6) is 0 Å². The largest absolute Gasteiger partial charge is 0.627 e. The standard InChI is InChI=1S/C29H31N5O2/c35-29(31-26-11-4-12-27-25(26)18-24-10-6-16-34(24,27)36)32-28-17-22(13-14-30-28)23-9-5-15-33(20-23)19-21-7-2-1-3-8-21/h1-4,7-9,11-14,17,24H,5-6,10,15-16,18-20H2,(H2,30,31,32,35). The third-order valence-corrected chi connectivity index (χ3v) is 7.72. The minimum atomic E-state index is -0.346. The zero-order valence-electron chi connectivity index (χ0n) is 20.3. The van der Waals surface area contributed by atoms with E-state index in [-0.39, 0.29) is 16.7 Å². The molecule has 0 bridgehead atoms. The van der Waals surface area contributed by atoms with Crippen LogP contribution in [-0.2, 0) is 13.0 Å². The van der Waals surface area contributed by atoms with Crippen molar-refractivity contribution in [2.75, 3.05) is 30.3 Å². The van der Waals surface area contributed by atoms with Crippen LogP contribution in [0.4, 0.5) is 22.0 Å². The Morgan fingerprint density at radius 2 is 2.00 bits per heavy atom. The SMILES string of the molecule is O=C(Nc1cc(C2=CCCN(Cc3ccccc3)C2)ccn1)Nc1cccc2c1CC1CCC[N+]21[O-]. The van der Waals surface area contributed by atoms with Crippen LogP contribution in [0.3, 0.4) is 0 Å². The molecule has 3 aromatic rings. The maximum absolute atomic E-state index is 13.3. The van der Waals surface area contributed by atoms with Gasteiger partial charge in [-0.05, 0) is 47.4 Å². The fourth-order valence-electron chi connectivity index (χ4n) is 5.98. The second-order valence-electron chi connectivity index (χ2n) is 10.0. The van der Waals surface area contributed by atoms with Crippen molar-refractivity contribution in [2.24, 2.45) is 0 Å². The van der Waals surface area contributed by atoms with E-state index in [4.69, 9.17) is 0 Å². The van der Waals surface area contributed by atoms with Crippen molar-refractivity contribution in [1.29, 1.82) is 0 Å². The number of carbonyl (C=O) groups is 1. The molecule has 1 aromatic heterocycles. The van der Waals surface area contributed by atoms with E-state index in [0.29, 0.717) is 12.4 Å². The Labute approximate surface area is 211 Å². The highest BCUT2D eigenvalue weighted by atomic mass is 16.6. The average Bonchev–Trinajstić information content (AvgIpc) is 3.39. The molecule has 1 fully saturated rings. The summed E-state index contributed by atoms with van der Waals surface area (Å²) >= 11 is 0. The minimum Gasteiger partial charge on any atom is -0.627 e. The molecular weight excluding hydrogens is 450 g/mol. The number of nitrogens with one attached hydrogen (secondary N) is 2. The van der Waals surface area contributed by atoms with Gasteiger partial charge in [-0.1, -0.05) is 42.5 Å². The van der Waals surface area contributed by atoms with Crippen molar-refractivity contribution in [3.63, 3.8) is 0 Å². The quantitative estimate of drug-likeness (QED) is 0.370. The maximum atomic E-state index is 13.3. The van der Waals surface area contributed by atoms with Crippen LogP contribution in [-0.4, -0.2) is 41.6 Å². The highest BCUT2D eigenvalue weighted by molar-refractivity contribution is 6.00. The van der Waals surface area contributed by atoms with Crippen LogP contribution in [0.25, 0.3) is 5.57 Å². The Bertz CT molecular complexity index is 1310. The topological polar surface area (TPSA) is 80.3 Å². The summed E-state index contributed by atoms with van der Waals surface area (Å²) in [6.45, 7) is 3.44. The monoisotopic (exact) mass is 481 g/mol. The first-order valence-corrected chi connectivity index (χ1v) is 12.8. The highest BCUT2D eigenvalue weighted by Gasteiger charge is 2.45. The molecule has 2 unspecified atom stereocenters. The van der Waals surface area contributed by atoms with Gasteiger partial charge in [0.15, 0.2) is 0 Å². The number of amides is 2. The number of pyridine rings is 1. The normalized spacial score (nSPS) is 23.0. The molecule has 0 saturated carbocycles. The maximum Gasteiger partial charge on any atom is 0.324 e. The molecule has 2 atom stereocenters. The molecule has 0 aliphatic carbocycles. The van der Waals surface area contributed by atoms with Crippen LogP contribution in [0.1, 0.15) is 36.0 Å². The molecular formula is C29H31N5O2. The smallest absolute Gasteiger partial charge is 0.324 e. The van der Waals surface area contributed by atoms with Crippen LogP contribution in [0.2, 0.25) is 0 Å². The van der Waals surface area contributed by atoms with Crippen molar-refractivity contribution in [3.05, 3.63) is 94.8 Å². The molecule has 0 radical (unpaired) electrons. The molecule has 2 aromatic carbocycles. The van der Waals surface area contributed by atoms with Crippen molar-refractivity contribution in [1.82, 2.24) is 14.5 Å². The van der Waals surface area contributed by atoms with Gasteiger partial charge in [-0.2, -0.15) is 0 Å². The van der Waals surface area contributed by atoms with E-state index in [1.165, 1.54) is 11.1 Å². The van der Waals surface area contributed by atoms with E-state index < -0.39 is 0 Å². The second kappa shape index (κ2) is 9.50. The van der Waals surface area contributed by atoms with Crippen molar-refractivity contribution >= 4 is 28.8 Å². The van der Waals surface area contributed by atoms with Gasteiger partial charge in [-0.25, -0.2) is 9.78 Å². The molecule has 2 amide bonds. The summed E-state index contributed by atoms with van der Waals surface area (Å²) in [7, 11) is 0. The van der Waals surface area contributed by atoms with Gasteiger partial charge in [0.05, 0.1) is 18.3 Å². The number of hydroxylamine groups is 2. The van der Waals surface area contributed by atoms with Crippen molar-refractivity contribution in [3.8, 4) is 0 Å². The van der Waals surface area contributed by atoms with E-state index in [2.05, 4.69) is 50.9 Å². The third kappa shape index (κ3) is 4.41. The number of hydrogen-bond donors (Lipinski definition) is 2. The van der Waals surface area contributed by atoms with Gasteiger partial charge in [0.2, 0.25) is 0 Å². The Hall–Kier alpha value is -3.52. The Morgan fingerprint density at radius 3 is 2.89 bits per heavy atom. The lowest BCUT2D eigenvalue weighted by atomic mass is 10.0. The second-order valence-corrected chi connectivity index (χ2v) is 10.0. The van der Waals surface area contributed by atoms with Gasteiger partial charge in [-0.15, -0.1) is 0 Å². The van der Waals surface area contributed by atoms with E-state index in [9.17, 15) is 10.0 Å². The molecule has 2 N–H and O–H groups in total. The molecule has 7 heteroatoms. The third-order valence-electron chi connectivity index (χ3n) is 7.72. The van der Waals surface area contributed by atoms with Crippen LogP contribution < -0.4 is 15.3 Å². The average molecular weight is 482 g/mol. The Balaban J connectivity index is 1.12. The number of urea groups is 1. The molecule has 184 valence electrons. The van der Waals surface area contributed by atoms with Gasteiger partial charge >= 0.3 is 6.03 Å². The van der Waals surface area contributed by atoms with Crippen molar-refractivity contribution < 1.29 is 4.79 Å². The van der Waals surface area contributed by atoms with Gasteiger partial charge in [0, 0.05) is 50.7 Å². The zero-order chi connectivity index (χ0) is 24.5. The predicted molar refractivity (Wildman–Crippen MR) is 144 cm³/mol. The van der Waals surface area contributed by atoms with Gasteiger partial charge < -0.3 is 15.2 Å². The molecule has 3 aliphatic rings. The minimum absolute atomic E-state index is 0.0783. The fourth-order valence-corrected chi connectivity index (χ4v) is 5.98. The summed E-state index contributed by atoms with van der Waals surface area (Å²) in [6.07, 6.45) is 7.64. The number of benzene rings is 2. The summed E-state index contributed by atoms with van der Waals surface area (Å²) in [5.41, 5.74) is 6.12. The Morgan fingerprint density at radius 1 is 1.11 bits per heavy atom. The predicted octanol–water partition coefficient (Wildman–Crippen LogP) is 5.54. The molecule has 7 nitrogen and oxygen atoms in total. The van der Waals surface area contributed by atoms with Crippen LogP contribution >= 0.6 is 0 Å². The molecule has 1 saturated heterocycles. The van der Waals surface area contributed by atoms with Gasteiger partial charge in [-0.3, -0.25) is 10.2 Å². The van der Waals surface area contributed by atoms with E-state index in [1.54, 1.807) is 6.20 Å². The zero-order valence-corrected chi connectivity index (χ0v) is 20.3. The van der Waals surface area contributed by atoms with Crippen molar-refractivity contribution in [2.45, 2.75) is 38.3 Å². The number of anilines is 2. The van der Waals surface area contributed by atoms with Crippen LogP contribution in [0, 0.1) is 5.21 Å². The van der Waals surface area contributed by atoms with E-state index >= 15 is 0 Å². The number of quaternary nitrogens is 1. The highest BCUT2D eigenvalue weighted by Crippen LogP contribution is 2.46. The van der Waals surface area contributed by atoms with Gasteiger partial charge in [0.25, 0.3) is 0 Å². The number of nitrogens with zero attached hydrogens (tertiary/aromatic N) is 3. The molecule has 4 heterocycles. The number of carbonyl (C=O) groups excluding carboxylic acids is 1. The lowest BCUT2D eigenvalue weighted by Crippen LogP contribution is -2.44.